The molecular formula is C15H24N4O3S. The number of rotatable bonds is 3. The van der Waals surface area contributed by atoms with Crippen LogP contribution in [-0.2, 0) is 10.2 Å². The molecule has 0 unspecified atom stereocenters. The lowest BCUT2D eigenvalue weighted by atomic mass is 10.2. The summed E-state index contributed by atoms with van der Waals surface area (Å²) in [6.07, 6.45) is 7.04. The van der Waals surface area contributed by atoms with Crippen LogP contribution in [0.5, 0.6) is 0 Å². The minimum atomic E-state index is -3.39. The van der Waals surface area contributed by atoms with Gasteiger partial charge in [0.1, 0.15) is 0 Å². The molecule has 1 aromatic heterocycles. The van der Waals surface area contributed by atoms with Gasteiger partial charge in [-0.15, -0.1) is 0 Å². The van der Waals surface area contributed by atoms with Gasteiger partial charge in [-0.2, -0.15) is 17.0 Å². The fourth-order valence-electron chi connectivity index (χ4n) is 3.23. The Bertz CT molecular complexity index is 623. The van der Waals surface area contributed by atoms with E-state index >= 15 is 0 Å². The highest BCUT2D eigenvalue weighted by Crippen LogP contribution is 2.18. The zero-order valence-corrected chi connectivity index (χ0v) is 14.1. The molecular weight excluding hydrogens is 316 g/mol. The van der Waals surface area contributed by atoms with Gasteiger partial charge in [0.15, 0.2) is 0 Å². The fourth-order valence-corrected chi connectivity index (χ4v) is 4.94. The van der Waals surface area contributed by atoms with Crippen molar-refractivity contribution in [2.45, 2.75) is 25.7 Å². The molecule has 0 saturated carbocycles. The van der Waals surface area contributed by atoms with Crippen LogP contribution in [-0.4, -0.2) is 72.1 Å². The molecule has 8 heteroatoms. The highest BCUT2D eigenvalue weighted by molar-refractivity contribution is 7.86. The van der Waals surface area contributed by atoms with Crippen molar-refractivity contribution in [1.82, 2.24) is 18.5 Å². The third kappa shape index (κ3) is 3.59. The van der Waals surface area contributed by atoms with Crippen LogP contribution in [0.4, 0.5) is 0 Å². The van der Waals surface area contributed by atoms with Crippen molar-refractivity contribution in [2.75, 3.05) is 39.3 Å². The van der Waals surface area contributed by atoms with E-state index in [-0.39, 0.29) is 5.91 Å². The van der Waals surface area contributed by atoms with Gasteiger partial charge in [0, 0.05) is 51.7 Å². The standard InChI is InChI=1S/C15H24N4O3S/c20-15(14-5-6-16-13-14)17-7-4-10-19(12-11-17)23(21,22)18-8-2-1-3-9-18/h5-6,13,16H,1-4,7-12H2. The Hall–Kier alpha value is -1.38. The Balaban J connectivity index is 1.65. The van der Waals surface area contributed by atoms with Crippen molar-refractivity contribution in [3.63, 3.8) is 0 Å². The topological polar surface area (TPSA) is 76.7 Å². The molecule has 2 saturated heterocycles. The first-order chi connectivity index (χ1) is 11.1. The maximum atomic E-state index is 12.7. The molecule has 0 bridgehead atoms. The molecule has 0 radical (unpaired) electrons. The quantitative estimate of drug-likeness (QED) is 0.888. The van der Waals surface area contributed by atoms with Crippen LogP contribution in [0, 0.1) is 0 Å². The minimum Gasteiger partial charge on any atom is -0.367 e. The summed E-state index contributed by atoms with van der Waals surface area (Å²) in [6, 6.07) is 1.75. The summed E-state index contributed by atoms with van der Waals surface area (Å²) in [5.41, 5.74) is 0.623. The smallest absolute Gasteiger partial charge is 0.282 e. The number of aromatic amines is 1. The molecule has 1 aromatic rings. The Labute approximate surface area is 137 Å². The molecule has 3 heterocycles. The number of amides is 1. The van der Waals surface area contributed by atoms with Crippen molar-refractivity contribution in [3.8, 4) is 0 Å². The third-order valence-corrected chi connectivity index (χ3v) is 6.59. The van der Waals surface area contributed by atoms with Gasteiger partial charge in [0.25, 0.3) is 16.1 Å². The third-order valence-electron chi connectivity index (χ3n) is 4.55. The molecule has 2 aliphatic heterocycles. The molecule has 0 aromatic carbocycles. The average Bonchev–Trinajstić information content (AvgIpc) is 2.99. The Kier molecular flexibility index (Phi) is 5.03. The first-order valence-corrected chi connectivity index (χ1v) is 9.66. The summed E-state index contributed by atoms with van der Waals surface area (Å²) >= 11 is 0. The first kappa shape index (κ1) is 16.5. The van der Waals surface area contributed by atoms with Crippen molar-refractivity contribution < 1.29 is 13.2 Å². The van der Waals surface area contributed by atoms with Gasteiger partial charge in [-0.1, -0.05) is 6.42 Å². The summed E-state index contributed by atoms with van der Waals surface area (Å²) in [5.74, 6) is -0.0385. The lowest BCUT2D eigenvalue weighted by Gasteiger charge is -2.31. The summed E-state index contributed by atoms with van der Waals surface area (Å²) in [6.45, 7) is 3.12. The van der Waals surface area contributed by atoms with Crippen LogP contribution in [0.3, 0.4) is 0 Å². The molecule has 23 heavy (non-hydrogen) atoms. The van der Waals surface area contributed by atoms with Crippen LogP contribution in [0.25, 0.3) is 0 Å². The van der Waals surface area contributed by atoms with Gasteiger partial charge in [0.05, 0.1) is 5.56 Å². The normalized spacial score (nSPS) is 22.0. The van der Waals surface area contributed by atoms with Crippen LogP contribution in [0.1, 0.15) is 36.0 Å². The largest absolute Gasteiger partial charge is 0.367 e. The molecule has 0 aliphatic carbocycles. The highest BCUT2D eigenvalue weighted by Gasteiger charge is 2.32. The van der Waals surface area contributed by atoms with E-state index in [1.165, 1.54) is 0 Å². The molecule has 1 N–H and O–H groups in total. The zero-order chi connectivity index (χ0) is 16.3. The summed E-state index contributed by atoms with van der Waals surface area (Å²) in [7, 11) is -3.39. The predicted octanol–water partition coefficient (Wildman–Crippen LogP) is 0.893. The molecule has 0 atom stereocenters. The molecule has 128 valence electrons. The van der Waals surface area contributed by atoms with E-state index in [0.717, 1.165) is 19.3 Å². The Morgan fingerprint density at radius 3 is 2.30 bits per heavy atom. The van der Waals surface area contributed by atoms with Gasteiger partial charge in [0.2, 0.25) is 0 Å². The van der Waals surface area contributed by atoms with E-state index in [4.69, 9.17) is 0 Å². The number of nitrogens with one attached hydrogen (secondary N) is 1. The molecule has 2 aliphatic rings. The van der Waals surface area contributed by atoms with E-state index in [9.17, 15) is 13.2 Å². The van der Waals surface area contributed by atoms with Crippen molar-refractivity contribution in [1.29, 1.82) is 0 Å². The van der Waals surface area contributed by atoms with Crippen LogP contribution in [0.2, 0.25) is 0 Å². The number of carbonyl (C=O) groups excluding carboxylic acids is 1. The number of H-pyrrole nitrogens is 1. The van der Waals surface area contributed by atoms with E-state index in [1.807, 2.05) is 0 Å². The van der Waals surface area contributed by atoms with Crippen molar-refractivity contribution in [3.05, 3.63) is 24.0 Å². The lowest BCUT2D eigenvalue weighted by Crippen LogP contribution is -2.47. The SMILES string of the molecule is O=C(c1cc[nH]c1)N1CCCN(S(=O)(=O)N2CCCCC2)CC1. The lowest BCUT2D eigenvalue weighted by molar-refractivity contribution is 0.0764. The van der Waals surface area contributed by atoms with Crippen LogP contribution in [0.15, 0.2) is 18.5 Å². The van der Waals surface area contributed by atoms with Crippen LogP contribution < -0.4 is 0 Å². The van der Waals surface area contributed by atoms with Gasteiger partial charge in [-0.25, -0.2) is 0 Å². The van der Waals surface area contributed by atoms with E-state index in [2.05, 4.69) is 4.98 Å². The maximum Gasteiger partial charge on any atom is 0.282 e. The predicted molar refractivity (Wildman–Crippen MR) is 87.2 cm³/mol. The molecule has 3 rings (SSSR count). The van der Waals surface area contributed by atoms with Crippen LogP contribution >= 0.6 is 0 Å². The Morgan fingerprint density at radius 1 is 0.913 bits per heavy atom. The number of hydrogen-bond donors (Lipinski definition) is 1. The van der Waals surface area contributed by atoms with Crippen molar-refractivity contribution in [2.24, 2.45) is 0 Å². The monoisotopic (exact) mass is 340 g/mol. The summed E-state index contributed by atoms with van der Waals surface area (Å²) in [4.78, 5) is 17.0. The second-order valence-electron chi connectivity index (χ2n) is 6.11. The average molecular weight is 340 g/mol. The zero-order valence-electron chi connectivity index (χ0n) is 13.3. The molecule has 2 fully saturated rings. The Morgan fingerprint density at radius 2 is 1.61 bits per heavy atom. The molecule has 0 spiro atoms. The minimum absolute atomic E-state index is 0.0385. The van der Waals surface area contributed by atoms with Crippen molar-refractivity contribution >= 4 is 16.1 Å². The number of hydrogen-bond acceptors (Lipinski definition) is 3. The summed E-state index contributed by atoms with van der Waals surface area (Å²) in [5, 5.41) is 0. The van der Waals surface area contributed by atoms with Gasteiger partial charge in [-0.3, -0.25) is 4.79 Å². The van der Waals surface area contributed by atoms with E-state index in [1.54, 1.807) is 32.0 Å². The van der Waals surface area contributed by atoms with Gasteiger partial charge in [-0.05, 0) is 25.3 Å². The number of aromatic nitrogens is 1. The fraction of sp³-hybridized carbons (Fsp3) is 0.667. The molecule has 7 nitrogen and oxygen atoms in total. The van der Waals surface area contributed by atoms with Gasteiger partial charge < -0.3 is 9.88 Å². The van der Waals surface area contributed by atoms with E-state index in [0.29, 0.717) is 51.3 Å². The highest BCUT2D eigenvalue weighted by atomic mass is 32.2. The second-order valence-corrected chi connectivity index (χ2v) is 8.04. The number of nitrogens with zero attached hydrogens (tertiary/aromatic N) is 3. The maximum absolute atomic E-state index is 12.7. The number of carbonyl (C=O) groups is 1. The summed E-state index contributed by atoms with van der Waals surface area (Å²) < 4.78 is 28.6. The van der Waals surface area contributed by atoms with Gasteiger partial charge >= 0.3 is 0 Å². The van der Waals surface area contributed by atoms with E-state index < -0.39 is 10.2 Å². The number of piperidine rings is 1. The first-order valence-electron chi connectivity index (χ1n) is 8.26. The molecule has 1 amide bonds. The second kappa shape index (κ2) is 7.02.